The number of nitrogens with one attached hydrogen (secondary N) is 1. The van der Waals surface area contributed by atoms with Gasteiger partial charge in [0.25, 0.3) is 0 Å². The van der Waals surface area contributed by atoms with Gasteiger partial charge in [-0.3, -0.25) is 4.99 Å². The molecule has 0 saturated carbocycles. The van der Waals surface area contributed by atoms with Crippen molar-refractivity contribution in [2.24, 2.45) is 4.99 Å². The van der Waals surface area contributed by atoms with Crippen molar-refractivity contribution in [2.45, 2.75) is 92.8 Å². The van der Waals surface area contributed by atoms with E-state index in [9.17, 15) is 0 Å². The topological polar surface area (TPSA) is 55.3 Å². The average molecular weight is 404 g/mol. The molecule has 0 aliphatic carbocycles. The highest BCUT2D eigenvalue weighted by molar-refractivity contribution is 6.60. The Morgan fingerprint density at radius 3 is 1.81 bits per heavy atom. The van der Waals surface area contributed by atoms with E-state index in [1.807, 2.05) is 20.8 Å². The van der Waals surface area contributed by atoms with Gasteiger partial charge in [-0.25, -0.2) is 0 Å². The van der Waals surface area contributed by atoms with Gasteiger partial charge in [0.2, 0.25) is 0 Å². The standard InChI is InChI=1S/C20H45N3O3Si/c1-9-13-15-23(20(21-18(5)6)22-19(7)8)16-14-17-27(24-10-2,25-11-3)26-12-4/h18-19H,9-17H2,1-8H3,(H,21,22). The summed E-state index contributed by atoms with van der Waals surface area (Å²) in [5.41, 5.74) is 0. The summed E-state index contributed by atoms with van der Waals surface area (Å²) in [5, 5.41) is 3.54. The van der Waals surface area contributed by atoms with Crippen LogP contribution in [0.3, 0.4) is 0 Å². The molecule has 0 aliphatic heterocycles. The molecule has 0 amide bonds. The van der Waals surface area contributed by atoms with E-state index in [-0.39, 0.29) is 6.04 Å². The molecule has 1 N–H and O–H groups in total. The van der Waals surface area contributed by atoms with Gasteiger partial charge in [-0.1, -0.05) is 13.3 Å². The number of nitrogens with zero attached hydrogens (tertiary/aromatic N) is 2. The van der Waals surface area contributed by atoms with E-state index in [2.05, 4.69) is 44.8 Å². The van der Waals surface area contributed by atoms with Crippen molar-refractivity contribution < 1.29 is 13.3 Å². The van der Waals surface area contributed by atoms with Crippen molar-refractivity contribution >= 4 is 14.8 Å². The first-order valence-electron chi connectivity index (χ1n) is 10.8. The molecule has 0 aromatic rings. The van der Waals surface area contributed by atoms with Crippen LogP contribution in [0.1, 0.15) is 74.7 Å². The van der Waals surface area contributed by atoms with E-state index in [0.717, 1.165) is 37.9 Å². The summed E-state index contributed by atoms with van der Waals surface area (Å²) >= 11 is 0. The summed E-state index contributed by atoms with van der Waals surface area (Å²) in [6.45, 7) is 20.6. The Bertz CT molecular complexity index is 376. The van der Waals surface area contributed by atoms with E-state index in [1.165, 1.54) is 6.42 Å². The highest BCUT2D eigenvalue weighted by atomic mass is 28.4. The van der Waals surface area contributed by atoms with Crippen LogP contribution in [0, 0.1) is 0 Å². The molecule has 27 heavy (non-hydrogen) atoms. The van der Waals surface area contributed by atoms with Gasteiger partial charge in [-0.05, 0) is 61.3 Å². The van der Waals surface area contributed by atoms with Gasteiger partial charge < -0.3 is 23.5 Å². The van der Waals surface area contributed by atoms with Crippen molar-refractivity contribution in [1.82, 2.24) is 10.2 Å². The lowest BCUT2D eigenvalue weighted by atomic mass is 10.3. The van der Waals surface area contributed by atoms with Crippen molar-refractivity contribution in [3.8, 4) is 0 Å². The Morgan fingerprint density at radius 2 is 1.41 bits per heavy atom. The molecule has 0 aromatic carbocycles. The summed E-state index contributed by atoms with van der Waals surface area (Å²) in [6, 6.07) is 1.45. The molecule has 6 nitrogen and oxygen atoms in total. The SMILES string of the molecule is CCCCN(CCC[Si](OCC)(OCC)OCC)C(=NC(C)C)NC(C)C. The van der Waals surface area contributed by atoms with Crippen LogP contribution in [0.2, 0.25) is 6.04 Å². The van der Waals surface area contributed by atoms with Crippen molar-refractivity contribution in [1.29, 1.82) is 0 Å². The Kier molecular flexibility index (Phi) is 14.9. The Labute approximate surface area is 169 Å². The molecule has 0 fully saturated rings. The number of rotatable bonds is 15. The minimum Gasteiger partial charge on any atom is -0.374 e. The molecule has 0 rings (SSSR count). The molecule has 0 atom stereocenters. The fourth-order valence-corrected chi connectivity index (χ4v) is 5.47. The Morgan fingerprint density at radius 1 is 0.889 bits per heavy atom. The largest absolute Gasteiger partial charge is 0.500 e. The molecule has 0 spiro atoms. The van der Waals surface area contributed by atoms with E-state index < -0.39 is 8.80 Å². The highest BCUT2D eigenvalue weighted by Gasteiger charge is 2.39. The summed E-state index contributed by atoms with van der Waals surface area (Å²) in [6.07, 6.45) is 3.29. The lowest BCUT2D eigenvalue weighted by Crippen LogP contribution is -2.48. The maximum atomic E-state index is 5.99. The second-order valence-electron chi connectivity index (χ2n) is 7.27. The number of guanidine groups is 1. The third-order valence-electron chi connectivity index (χ3n) is 3.88. The van der Waals surface area contributed by atoms with Crippen LogP contribution >= 0.6 is 0 Å². The molecular formula is C20H45N3O3Si. The molecular weight excluding hydrogens is 358 g/mol. The molecule has 162 valence electrons. The van der Waals surface area contributed by atoms with Crippen molar-refractivity contribution in [3.05, 3.63) is 0 Å². The molecule has 0 unspecified atom stereocenters. The second kappa shape index (κ2) is 15.3. The van der Waals surface area contributed by atoms with Gasteiger partial charge in [0.1, 0.15) is 0 Å². The monoisotopic (exact) mass is 403 g/mol. The number of unbranched alkanes of at least 4 members (excludes halogenated alkanes) is 1. The van der Waals surface area contributed by atoms with Crippen LogP contribution in [0.25, 0.3) is 0 Å². The third-order valence-corrected chi connectivity index (χ3v) is 7.03. The quantitative estimate of drug-likeness (QED) is 0.251. The summed E-state index contributed by atoms with van der Waals surface area (Å²) < 4.78 is 18.0. The zero-order valence-electron chi connectivity index (χ0n) is 19.1. The average Bonchev–Trinajstić information content (AvgIpc) is 2.57. The van der Waals surface area contributed by atoms with Crippen LogP contribution < -0.4 is 5.32 Å². The van der Waals surface area contributed by atoms with E-state index in [0.29, 0.717) is 25.9 Å². The van der Waals surface area contributed by atoms with Gasteiger partial charge in [0.15, 0.2) is 5.96 Å². The molecule has 0 radical (unpaired) electrons. The Hall–Kier alpha value is -0.633. The van der Waals surface area contributed by atoms with Gasteiger partial charge in [-0.15, -0.1) is 0 Å². The fraction of sp³-hybridized carbons (Fsp3) is 0.950. The fourth-order valence-electron chi connectivity index (χ4n) is 2.87. The molecule has 0 heterocycles. The van der Waals surface area contributed by atoms with Gasteiger partial charge >= 0.3 is 8.80 Å². The second-order valence-corrected chi connectivity index (χ2v) is 10.0. The summed E-state index contributed by atoms with van der Waals surface area (Å²) in [4.78, 5) is 7.22. The lowest BCUT2D eigenvalue weighted by Gasteiger charge is -2.31. The third kappa shape index (κ3) is 11.7. The number of aliphatic imine (C=N–C) groups is 1. The van der Waals surface area contributed by atoms with Crippen LogP contribution in [-0.4, -0.2) is 64.7 Å². The molecule has 0 saturated heterocycles. The van der Waals surface area contributed by atoms with Crippen molar-refractivity contribution in [3.63, 3.8) is 0 Å². The zero-order valence-corrected chi connectivity index (χ0v) is 20.1. The smallest absolute Gasteiger partial charge is 0.374 e. The molecule has 0 aliphatic rings. The van der Waals surface area contributed by atoms with Crippen LogP contribution in [0.5, 0.6) is 0 Å². The maximum Gasteiger partial charge on any atom is 0.500 e. The lowest BCUT2D eigenvalue weighted by molar-refractivity contribution is 0.0703. The number of hydrogen-bond acceptors (Lipinski definition) is 4. The number of hydrogen-bond donors (Lipinski definition) is 1. The van der Waals surface area contributed by atoms with E-state index in [1.54, 1.807) is 0 Å². The first kappa shape index (κ1) is 26.4. The van der Waals surface area contributed by atoms with Crippen molar-refractivity contribution in [2.75, 3.05) is 32.9 Å². The highest BCUT2D eigenvalue weighted by Crippen LogP contribution is 2.19. The predicted molar refractivity (Wildman–Crippen MR) is 117 cm³/mol. The molecule has 0 aromatic heterocycles. The normalized spacial score (nSPS) is 12.9. The minimum atomic E-state index is -2.58. The van der Waals surface area contributed by atoms with Gasteiger partial charge in [-0.2, -0.15) is 0 Å². The van der Waals surface area contributed by atoms with Gasteiger partial charge in [0, 0.05) is 51.0 Å². The van der Waals surface area contributed by atoms with E-state index >= 15 is 0 Å². The Balaban J connectivity index is 5.14. The van der Waals surface area contributed by atoms with Crippen LogP contribution in [-0.2, 0) is 13.3 Å². The maximum absolute atomic E-state index is 5.99. The molecule has 7 heteroatoms. The zero-order chi connectivity index (χ0) is 20.7. The van der Waals surface area contributed by atoms with Gasteiger partial charge in [0.05, 0.1) is 0 Å². The minimum absolute atomic E-state index is 0.263. The first-order valence-corrected chi connectivity index (χ1v) is 12.8. The molecule has 0 bridgehead atoms. The van der Waals surface area contributed by atoms with Crippen LogP contribution in [0.4, 0.5) is 0 Å². The van der Waals surface area contributed by atoms with E-state index in [4.69, 9.17) is 18.3 Å². The first-order chi connectivity index (χ1) is 12.8. The summed E-state index contributed by atoms with van der Waals surface area (Å²) in [7, 11) is -2.58. The summed E-state index contributed by atoms with van der Waals surface area (Å²) in [5.74, 6) is 1.00. The predicted octanol–water partition coefficient (Wildman–Crippen LogP) is 4.29. The van der Waals surface area contributed by atoms with Crippen LogP contribution in [0.15, 0.2) is 4.99 Å².